The first-order chi connectivity index (χ1) is 11.5. The van der Waals surface area contributed by atoms with Gasteiger partial charge in [-0.1, -0.05) is 32.0 Å². The molecule has 0 aliphatic heterocycles. The quantitative estimate of drug-likeness (QED) is 0.886. The minimum atomic E-state index is -0.326. The number of carbonyl (C=O) groups excluding carboxylic acids is 2. The molecule has 0 atom stereocenters. The maximum Gasteiger partial charge on any atom is 0.274 e. The second-order valence-corrected chi connectivity index (χ2v) is 6.39. The minimum Gasteiger partial charge on any atom is -0.348 e. The van der Waals surface area contributed by atoms with Crippen LogP contribution in [0, 0.1) is 0 Å². The summed E-state index contributed by atoms with van der Waals surface area (Å²) in [6.07, 6.45) is 2.02. The van der Waals surface area contributed by atoms with Crippen molar-refractivity contribution < 1.29 is 9.59 Å². The number of nitrogens with one attached hydrogen (secondary N) is 2. The molecule has 0 bridgehead atoms. The molecule has 1 aliphatic rings. The van der Waals surface area contributed by atoms with E-state index in [1.165, 1.54) is 5.56 Å². The molecular weight excluding hydrogens is 302 g/mol. The van der Waals surface area contributed by atoms with Crippen molar-refractivity contribution >= 4 is 17.5 Å². The lowest BCUT2D eigenvalue weighted by molar-refractivity contribution is 0.0946. The zero-order valence-electron chi connectivity index (χ0n) is 13.9. The fourth-order valence-electron chi connectivity index (χ4n) is 2.32. The number of amides is 2. The highest BCUT2D eigenvalue weighted by atomic mass is 16.2. The van der Waals surface area contributed by atoms with Crippen molar-refractivity contribution in [2.24, 2.45) is 0 Å². The molecule has 5 nitrogen and oxygen atoms in total. The molecule has 1 heterocycles. The van der Waals surface area contributed by atoms with Gasteiger partial charge in [0.1, 0.15) is 11.4 Å². The van der Waals surface area contributed by atoms with E-state index < -0.39 is 0 Å². The number of anilines is 1. The average Bonchev–Trinajstić information content (AvgIpc) is 3.39. The van der Waals surface area contributed by atoms with E-state index in [0.717, 1.165) is 12.8 Å². The maximum atomic E-state index is 12.3. The fraction of sp³-hybridized carbons (Fsp3) is 0.316. The van der Waals surface area contributed by atoms with E-state index in [1.807, 2.05) is 24.3 Å². The normalized spacial score (nSPS) is 13.6. The summed E-state index contributed by atoms with van der Waals surface area (Å²) >= 11 is 0. The Morgan fingerprint density at radius 3 is 2.21 bits per heavy atom. The van der Waals surface area contributed by atoms with Crippen molar-refractivity contribution in [3.63, 3.8) is 0 Å². The average molecular weight is 323 g/mol. The second kappa shape index (κ2) is 6.83. The van der Waals surface area contributed by atoms with E-state index in [0.29, 0.717) is 11.6 Å². The van der Waals surface area contributed by atoms with Crippen molar-refractivity contribution in [1.29, 1.82) is 0 Å². The third-order valence-corrected chi connectivity index (χ3v) is 3.96. The highest BCUT2D eigenvalue weighted by molar-refractivity contribution is 6.03. The Labute approximate surface area is 141 Å². The number of rotatable bonds is 5. The Balaban J connectivity index is 1.69. The molecule has 124 valence electrons. The zero-order chi connectivity index (χ0) is 17.1. The molecule has 2 amide bonds. The molecule has 0 unspecified atom stereocenters. The van der Waals surface area contributed by atoms with Crippen molar-refractivity contribution in [2.45, 2.75) is 38.6 Å². The smallest absolute Gasteiger partial charge is 0.274 e. The van der Waals surface area contributed by atoms with E-state index in [4.69, 9.17) is 0 Å². The van der Waals surface area contributed by atoms with E-state index in [1.54, 1.807) is 18.2 Å². The van der Waals surface area contributed by atoms with E-state index >= 15 is 0 Å². The molecular formula is C19H21N3O2. The van der Waals surface area contributed by atoms with E-state index in [9.17, 15) is 9.59 Å². The van der Waals surface area contributed by atoms with Gasteiger partial charge < -0.3 is 10.6 Å². The molecule has 1 aliphatic carbocycles. The molecule has 1 fully saturated rings. The van der Waals surface area contributed by atoms with Gasteiger partial charge >= 0.3 is 0 Å². The van der Waals surface area contributed by atoms with Crippen LogP contribution >= 0.6 is 0 Å². The van der Waals surface area contributed by atoms with Crippen LogP contribution in [0.15, 0.2) is 42.5 Å². The predicted octanol–water partition coefficient (Wildman–Crippen LogP) is 3.35. The van der Waals surface area contributed by atoms with Crippen LogP contribution in [0.4, 0.5) is 5.69 Å². The van der Waals surface area contributed by atoms with Crippen LogP contribution in [0.1, 0.15) is 59.1 Å². The number of hydrogen-bond acceptors (Lipinski definition) is 3. The fourth-order valence-corrected chi connectivity index (χ4v) is 2.32. The van der Waals surface area contributed by atoms with Crippen LogP contribution in [0.3, 0.4) is 0 Å². The van der Waals surface area contributed by atoms with Crippen LogP contribution in [0.25, 0.3) is 0 Å². The molecule has 1 saturated carbocycles. The Morgan fingerprint density at radius 1 is 1.00 bits per heavy atom. The van der Waals surface area contributed by atoms with Crippen molar-refractivity contribution in [3.05, 3.63) is 59.4 Å². The van der Waals surface area contributed by atoms with Gasteiger partial charge in [0.2, 0.25) is 0 Å². The summed E-state index contributed by atoms with van der Waals surface area (Å²) in [6.45, 7) is 4.24. The van der Waals surface area contributed by atoms with Crippen LogP contribution in [-0.4, -0.2) is 22.8 Å². The summed E-state index contributed by atoms with van der Waals surface area (Å²) in [5.41, 5.74) is 2.42. The van der Waals surface area contributed by atoms with E-state index in [2.05, 4.69) is 29.5 Å². The molecule has 3 rings (SSSR count). The van der Waals surface area contributed by atoms with Crippen LogP contribution in [0.5, 0.6) is 0 Å². The van der Waals surface area contributed by atoms with Gasteiger partial charge in [0.15, 0.2) is 0 Å². The van der Waals surface area contributed by atoms with Gasteiger partial charge in [-0.25, -0.2) is 4.98 Å². The number of pyridine rings is 1. The predicted molar refractivity (Wildman–Crippen MR) is 93.2 cm³/mol. The summed E-state index contributed by atoms with van der Waals surface area (Å²) in [5.74, 6) is -0.111. The summed E-state index contributed by atoms with van der Waals surface area (Å²) < 4.78 is 0. The molecule has 0 radical (unpaired) electrons. The second-order valence-electron chi connectivity index (χ2n) is 6.39. The summed E-state index contributed by atoms with van der Waals surface area (Å²) in [5, 5.41) is 5.68. The first-order valence-corrected chi connectivity index (χ1v) is 8.22. The summed E-state index contributed by atoms with van der Waals surface area (Å²) in [6, 6.07) is 12.9. The lowest BCUT2D eigenvalue weighted by Gasteiger charge is -2.09. The Hall–Kier alpha value is -2.69. The zero-order valence-corrected chi connectivity index (χ0v) is 13.9. The number of benzene rings is 1. The van der Waals surface area contributed by atoms with E-state index in [-0.39, 0.29) is 29.2 Å². The Kier molecular flexibility index (Phi) is 4.60. The largest absolute Gasteiger partial charge is 0.348 e. The lowest BCUT2D eigenvalue weighted by Crippen LogP contribution is -2.27. The van der Waals surface area contributed by atoms with Crippen molar-refractivity contribution in [3.8, 4) is 0 Å². The number of carbonyl (C=O) groups is 2. The molecule has 24 heavy (non-hydrogen) atoms. The van der Waals surface area contributed by atoms with Crippen molar-refractivity contribution in [1.82, 2.24) is 10.3 Å². The Bertz CT molecular complexity index is 749. The van der Waals surface area contributed by atoms with Gasteiger partial charge in [-0.3, -0.25) is 9.59 Å². The van der Waals surface area contributed by atoms with Crippen LogP contribution in [-0.2, 0) is 0 Å². The number of aromatic nitrogens is 1. The van der Waals surface area contributed by atoms with Gasteiger partial charge in [-0.2, -0.15) is 0 Å². The molecule has 0 spiro atoms. The first kappa shape index (κ1) is 16.2. The number of nitrogens with zero attached hydrogens (tertiary/aromatic N) is 1. The molecule has 1 aromatic heterocycles. The first-order valence-electron chi connectivity index (χ1n) is 8.22. The van der Waals surface area contributed by atoms with Crippen LogP contribution in [0.2, 0.25) is 0 Å². The highest BCUT2D eigenvalue weighted by Crippen LogP contribution is 2.19. The topological polar surface area (TPSA) is 71.1 Å². The monoisotopic (exact) mass is 323 g/mol. The molecule has 0 saturated heterocycles. The third-order valence-electron chi connectivity index (χ3n) is 3.96. The standard InChI is InChI=1S/C19H21N3O2/c1-12(2)13-6-8-14(9-7-13)20-18(23)16-4-3-5-17(22-16)19(24)21-15-10-11-15/h3-9,12,15H,10-11H2,1-2H3,(H,20,23)(H,21,24). The van der Waals surface area contributed by atoms with Gasteiger partial charge in [0.25, 0.3) is 11.8 Å². The van der Waals surface area contributed by atoms with Crippen LogP contribution < -0.4 is 10.6 Å². The Morgan fingerprint density at radius 2 is 1.62 bits per heavy atom. The van der Waals surface area contributed by atoms with Gasteiger partial charge in [-0.15, -0.1) is 0 Å². The minimum absolute atomic E-state index is 0.228. The summed E-state index contributed by atoms with van der Waals surface area (Å²) in [4.78, 5) is 28.5. The molecule has 2 aromatic rings. The third kappa shape index (κ3) is 3.98. The van der Waals surface area contributed by atoms with Gasteiger partial charge in [0, 0.05) is 11.7 Å². The molecule has 5 heteroatoms. The lowest BCUT2D eigenvalue weighted by atomic mass is 10.0. The highest BCUT2D eigenvalue weighted by Gasteiger charge is 2.24. The van der Waals surface area contributed by atoms with Gasteiger partial charge in [-0.05, 0) is 48.6 Å². The summed E-state index contributed by atoms with van der Waals surface area (Å²) in [7, 11) is 0. The SMILES string of the molecule is CC(C)c1ccc(NC(=O)c2cccc(C(=O)NC3CC3)n2)cc1. The number of hydrogen-bond donors (Lipinski definition) is 2. The maximum absolute atomic E-state index is 12.3. The molecule has 1 aromatic carbocycles. The molecule has 2 N–H and O–H groups in total. The van der Waals surface area contributed by atoms with Gasteiger partial charge in [0.05, 0.1) is 0 Å². The van der Waals surface area contributed by atoms with Crippen molar-refractivity contribution in [2.75, 3.05) is 5.32 Å².